The lowest BCUT2D eigenvalue weighted by Gasteiger charge is -2.11. The molecule has 33 heavy (non-hydrogen) atoms. The summed E-state index contributed by atoms with van der Waals surface area (Å²) in [5.41, 5.74) is 3.12. The summed E-state index contributed by atoms with van der Waals surface area (Å²) in [4.78, 5) is 23.8. The predicted octanol–water partition coefficient (Wildman–Crippen LogP) is 7.79. The molecule has 1 heterocycles. The summed E-state index contributed by atoms with van der Waals surface area (Å²) in [5, 5.41) is 4.78. The van der Waals surface area contributed by atoms with E-state index < -0.39 is 0 Å². The third-order valence-electron chi connectivity index (χ3n) is 4.61. The first kappa shape index (κ1) is 23.6. The van der Waals surface area contributed by atoms with Gasteiger partial charge in [0.1, 0.15) is 5.69 Å². The minimum Gasteiger partial charge on any atom is -0.321 e. The molecular weight excluding hydrogens is 493 g/mol. The van der Waals surface area contributed by atoms with Crippen LogP contribution in [0.2, 0.25) is 10.0 Å². The fraction of sp³-hybridized carbons (Fsp3) is 0.0800. The number of hydrogen-bond acceptors (Lipinski definition) is 5. The number of aryl methyl sites for hydroxylation is 1. The van der Waals surface area contributed by atoms with Crippen LogP contribution in [0.4, 0.5) is 5.69 Å². The number of anilines is 1. The summed E-state index contributed by atoms with van der Waals surface area (Å²) in [6, 6.07) is 22.7. The molecule has 0 fully saturated rings. The Balaban J connectivity index is 1.60. The summed E-state index contributed by atoms with van der Waals surface area (Å²) < 4.78 is 0. The molecule has 0 radical (unpaired) electrons. The summed E-state index contributed by atoms with van der Waals surface area (Å²) in [7, 11) is 0. The summed E-state index contributed by atoms with van der Waals surface area (Å²) in [6.07, 6.45) is 1.69. The largest absolute Gasteiger partial charge is 0.321 e. The first-order valence-electron chi connectivity index (χ1n) is 10.0. The maximum Gasteiger partial charge on any atom is 0.275 e. The third-order valence-corrected chi connectivity index (χ3v) is 7.17. The Labute approximate surface area is 211 Å². The smallest absolute Gasteiger partial charge is 0.275 e. The SMILES string of the molecule is Cc1ccc(NC(=O)c2nc(SCc3ccccc3Cl)ncc2Sc2ccc(Cl)cc2)cc1. The lowest BCUT2D eigenvalue weighted by molar-refractivity contribution is 0.101. The maximum absolute atomic E-state index is 13.2. The van der Waals surface area contributed by atoms with E-state index in [1.807, 2.05) is 79.7 Å². The van der Waals surface area contributed by atoms with Crippen molar-refractivity contribution in [3.8, 4) is 0 Å². The number of nitrogens with zero attached hydrogens (tertiary/aromatic N) is 2. The predicted molar refractivity (Wildman–Crippen MR) is 138 cm³/mol. The van der Waals surface area contributed by atoms with Gasteiger partial charge in [0.2, 0.25) is 0 Å². The number of nitrogens with one attached hydrogen (secondary N) is 1. The van der Waals surface area contributed by atoms with Crippen molar-refractivity contribution in [1.82, 2.24) is 9.97 Å². The number of aromatic nitrogens is 2. The van der Waals surface area contributed by atoms with Gasteiger partial charge in [-0.1, -0.05) is 82.6 Å². The minimum atomic E-state index is -0.294. The molecule has 1 amide bonds. The fourth-order valence-corrected chi connectivity index (χ4v) is 4.97. The number of thioether (sulfide) groups is 1. The Kier molecular flexibility index (Phi) is 7.93. The molecular formula is C25H19Cl2N3OS2. The van der Waals surface area contributed by atoms with E-state index in [0.717, 1.165) is 16.0 Å². The second-order valence-corrected chi connectivity index (χ2v) is 10.0. The molecule has 0 unspecified atom stereocenters. The zero-order valence-corrected chi connectivity index (χ0v) is 20.7. The molecule has 166 valence electrons. The molecule has 1 aromatic heterocycles. The Morgan fingerprint density at radius 1 is 0.970 bits per heavy atom. The Hall–Kier alpha value is -2.51. The monoisotopic (exact) mass is 511 g/mol. The molecule has 0 aliphatic carbocycles. The molecule has 0 spiro atoms. The van der Waals surface area contributed by atoms with Gasteiger partial charge in [0.05, 0.1) is 4.90 Å². The van der Waals surface area contributed by atoms with E-state index >= 15 is 0 Å². The van der Waals surface area contributed by atoms with Crippen molar-refractivity contribution in [3.05, 3.63) is 106 Å². The zero-order chi connectivity index (χ0) is 23.2. The van der Waals surface area contributed by atoms with E-state index in [1.54, 1.807) is 6.20 Å². The van der Waals surface area contributed by atoms with E-state index in [9.17, 15) is 4.79 Å². The molecule has 0 saturated heterocycles. The highest BCUT2D eigenvalue weighted by atomic mass is 35.5. The van der Waals surface area contributed by atoms with Gasteiger partial charge in [0.25, 0.3) is 5.91 Å². The number of halogens is 2. The maximum atomic E-state index is 13.2. The Bertz CT molecular complexity index is 1270. The molecule has 0 aliphatic rings. The number of rotatable bonds is 7. The molecule has 8 heteroatoms. The van der Waals surface area contributed by atoms with Crippen molar-refractivity contribution in [3.63, 3.8) is 0 Å². The van der Waals surface area contributed by atoms with Crippen LogP contribution in [0.1, 0.15) is 21.6 Å². The van der Waals surface area contributed by atoms with Crippen LogP contribution >= 0.6 is 46.7 Å². The molecule has 4 rings (SSSR count). The van der Waals surface area contributed by atoms with Crippen molar-refractivity contribution in [2.75, 3.05) is 5.32 Å². The molecule has 0 saturated carbocycles. The lowest BCUT2D eigenvalue weighted by atomic mass is 10.2. The second kappa shape index (κ2) is 11.1. The van der Waals surface area contributed by atoms with Crippen molar-refractivity contribution < 1.29 is 4.79 Å². The lowest BCUT2D eigenvalue weighted by Crippen LogP contribution is -2.16. The van der Waals surface area contributed by atoms with Gasteiger partial charge in [-0.15, -0.1) is 0 Å². The normalized spacial score (nSPS) is 10.8. The van der Waals surface area contributed by atoms with Gasteiger partial charge >= 0.3 is 0 Å². The van der Waals surface area contributed by atoms with Crippen LogP contribution in [0.15, 0.2) is 93.9 Å². The molecule has 0 atom stereocenters. The van der Waals surface area contributed by atoms with Gasteiger partial charge in [0, 0.05) is 32.6 Å². The highest BCUT2D eigenvalue weighted by molar-refractivity contribution is 7.99. The van der Waals surface area contributed by atoms with Crippen LogP contribution in [-0.2, 0) is 5.75 Å². The van der Waals surface area contributed by atoms with Crippen molar-refractivity contribution in [1.29, 1.82) is 0 Å². The van der Waals surface area contributed by atoms with E-state index in [-0.39, 0.29) is 5.91 Å². The second-order valence-electron chi connectivity index (χ2n) is 7.12. The van der Waals surface area contributed by atoms with Gasteiger partial charge in [-0.3, -0.25) is 4.79 Å². The molecule has 0 bridgehead atoms. The van der Waals surface area contributed by atoms with Crippen molar-refractivity contribution in [2.45, 2.75) is 27.6 Å². The van der Waals surface area contributed by atoms with E-state index in [1.165, 1.54) is 23.5 Å². The number of benzene rings is 3. The van der Waals surface area contributed by atoms with Gasteiger partial charge < -0.3 is 5.32 Å². The van der Waals surface area contributed by atoms with Gasteiger partial charge in [0.15, 0.2) is 5.16 Å². The van der Waals surface area contributed by atoms with Crippen LogP contribution in [0.25, 0.3) is 0 Å². The van der Waals surface area contributed by atoms with Crippen LogP contribution in [-0.4, -0.2) is 15.9 Å². The van der Waals surface area contributed by atoms with E-state index in [4.69, 9.17) is 23.2 Å². The Morgan fingerprint density at radius 3 is 2.42 bits per heavy atom. The van der Waals surface area contributed by atoms with Crippen LogP contribution < -0.4 is 5.32 Å². The van der Waals surface area contributed by atoms with E-state index in [0.29, 0.717) is 37.2 Å². The molecule has 4 aromatic rings. The first-order valence-corrected chi connectivity index (χ1v) is 12.6. The molecule has 1 N–H and O–H groups in total. The number of carbonyl (C=O) groups is 1. The minimum absolute atomic E-state index is 0.294. The number of amides is 1. The van der Waals surface area contributed by atoms with Gasteiger partial charge in [-0.2, -0.15) is 0 Å². The molecule has 4 nitrogen and oxygen atoms in total. The van der Waals surface area contributed by atoms with Crippen molar-refractivity contribution >= 4 is 58.3 Å². The quantitative estimate of drug-likeness (QED) is 0.202. The van der Waals surface area contributed by atoms with Gasteiger partial charge in [-0.25, -0.2) is 9.97 Å². The van der Waals surface area contributed by atoms with Crippen molar-refractivity contribution in [2.24, 2.45) is 0 Å². The fourth-order valence-electron chi connectivity index (χ4n) is 2.88. The molecule has 3 aromatic carbocycles. The highest BCUT2D eigenvalue weighted by Crippen LogP contribution is 2.32. The Morgan fingerprint density at radius 2 is 1.70 bits per heavy atom. The van der Waals surface area contributed by atoms with E-state index in [2.05, 4.69) is 15.3 Å². The number of carbonyl (C=O) groups excluding carboxylic acids is 1. The summed E-state index contributed by atoms with van der Waals surface area (Å²) >= 11 is 15.1. The summed E-state index contributed by atoms with van der Waals surface area (Å²) in [6.45, 7) is 2.00. The van der Waals surface area contributed by atoms with Crippen LogP contribution in [0.3, 0.4) is 0 Å². The average molecular weight is 512 g/mol. The molecule has 0 aliphatic heterocycles. The third kappa shape index (κ3) is 6.51. The van der Waals surface area contributed by atoms with Crippen LogP contribution in [0.5, 0.6) is 0 Å². The van der Waals surface area contributed by atoms with Crippen LogP contribution in [0, 0.1) is 6.92 Å². The summed E-state index contributed by atoms with van der Waals surface area (Å²) in [5.74, 6) is 0.305. The standard InChI is InChI=1S/C25H19Cl2N3OS2/c1-16-6-10-19(11-7-16)29-24(31)23-22(33-20-12-8-18(26)9-13-20)14-28-25(30-23)32-15-17-4-2-3-5-21(17)27/h2-14H,15H2,1H3,(H,29,31). The number of hydrogen-bond donors (Lipinski definition) is 1. The first-order chi connectivity index (χ1) is 16.0. The highest BCUT2D eigenvalue weighted by Gasteiger charge is 2.17. The zero-order valence-electron chi connectivity index (χ0n) is 17.6. The average Bonchev–Trinajstić information content (AvgIpc) is 2.82. The van der Waals surface area contributed by atoms with Gasteiger partial charge in [-0.05, 0) is 55.0 Å². The topological polar surface area (TPSA) is 54.9 Å².